The Morgan fingerprint density at radius 2 is 1.97 bits per heavy atom. The van der Waals surface area contributed by atoms with Crippen molar-refractivity contribution in [2.75, 3.05) is 26.2 Å². The van der Waals surface area contributed by atoms with Crippen molar-refractivity contribution in [1.29, 1.82) is 0 Å². The van der Waals surface area contributed by atoms with Crippen molar-refractivity contribution in [2.45, 2.75) is 57.1 Å². The molecule has 1 unspecified atom stereocenters. The number of rotatable bonds is 6. The highest BCUT2D eigenvalue weighted by molar-refractivity contribution is 7.89. The molecule has 2 atom stereocenters. The summed E-state index contributed by atoms with van der Waals surface area (Å²) in [5.74, 6) is -0.348. The first-order chi connectivity index (χ1) is 15.0. The van der Waals surface area contributed by atoms with E-state index in [0.29, 0.717) is 25.9 Å². The first kappa shape index (κ1) is 24.2. The SMILES string of the molecule is CC(C)(C)C(CN1CCc2ccccc2S1(=O)=O)OC(=O)NCC(=O)N1CCC[C@H]1C=O. The zero-order chi connectivity index (χ0) is 23.5. The van der Waals surface area contributed by atoms with Crippen molar-refractivity contribution in [2.24, 2.45) is 5.41 Å². The van der Waals surface area contributed by atoms with Crippen LogP contribution < -0.4 is 5.32 Å². The van der Waals surface area contributed by atoms with Gasteiger partial charge in [-0.1, -0.05) is 39.0 Å². The number of nitrogens with zero attached hydrogens (tertiary/aromatic N) is 2. The summed E-state index contributed by atoms with van der Waals surface area (Å²) in [5.41, 5.74) is 0.245. The average molecular weight is 466 g/mol. The Bertz CT molecular complexity index is 972. The van der Waals surface area contributed by atoms with Gasteiger partial charge in [-0.15, -0.1) is 0 Å². The summed E-state index contributed by atoms with van der Waals surface area (Å²) in [6.45, 7) is 6.10. The molecule has 1 aromatic rings. The molecular weight excluding hydrogens is 434 g/mol. The maximum Gasteiger partial charge on any atom is 0.407 e. The quantitative estimate of drug-likeness (QED) is 0.638. The molecule has 2 aliphatic heterocycles. The lowest BCUT2D eigenvalue weighted by molar-refractivity contribution is -0.133. The van der Waals surface area contributed by atoms with E-state index >= 15 is 0 Å². The molecule has 32 heavy (non-hydrogen) atoms. The minimum atomic E-state index is -3.69. The van der Waals surface area contributed by atoms with E-state index in [2.05, 4.69) is 5.32 Å². The van der Waals surface area contributed by atoms with Gasteiger partial charge in [-0.25, -0.2) is 13.2 Å². The first-order valence-electron chi connectivity index (χ1n) is 10.8. The molecule has 0 saturated carbocycles. The van der Waals surface area contributed by atoms with Gasteiger partial charge in [-0.2, -0.15) is 4.31 Å². The second-order valence-electron chi connectivity index (χ2n) is 9.27. The van der Waals surface area contributed by atoms with Crippen LogP contribution in [0.2, 0.25) is 0 Å². The fourth-order valence-electron chi connectivity index (χ4n) is 3.99. The Labute approximate surface area is 189 Å². The van der Waals surface area contributed by atoms with Crippen LogP contribution in [0.15, 0.2) is 29.2 Å². The second-order valence-corrected chi connectivity index (χ2v) is 11.2. The molecule has 1 fully saturated rings. The highest BCUT2D eigenvalue weighted by atomic mass is 32.2. The average Bonchev–Trinajstić information content (AvgIpc) is 3.22. The van der Waals surface area contributed by atoms with E-state index in [9.17, 15) is 22.8 Å². The largest absolute Gasteiger partial charge is 0.444 e. The molecule has 176 valence electrons. The zero-order valence-corrected chi connectivity index (χ0v) is 19.6. The minimum absolute atomic E-state index is 0.0148. The third-order valence-electron chi connectivity index (χ3n) is 5.97. The summed E-state index contributed by atoms with van der Waals surface area (Å²) in [6, 6.07) is 6.46. The highest BCUT2D eigenvalue weighted by Crippen LogP contribution is 2.30. The summed E-state index contributed by atoms with van der Waals surface area (Å²) in [4.78, 5) is 37.6. The summed E-state index contributed by atoms with van der Waals surface area (Å²) < 4.78 is 33.0. The molecule has 2 aliphatic rings. The fraction of sp³-hybridized carbons (Fsp3) is 0.591. The van der Waals surface area contributed by atoms with Gasteiger partial charge in [-0.3, -0.25) is 4.79 Å². The molecule has 1 aromatic carbocycles. The number of carbonyl (C=O) groups excluding carboxylic acids is 3. The van der Waals surface area contributed by atoms with Crippen LogP contribution in [0.4, 0.5) is 4.79 Å². The molecule has 2 amide bonds. The lowest BCUT2D eigenvalue weighted by atomic mass is 9.89. The van der Waals surface area contributed by atoms with Crippen molar-refractivity contribution < 1.29 is 27.5 Å². The number of carbonyl (C=O) groups is 3. The first-order valence-corrected chi connectivity index (χ1v) is 12.3. The van der Waals surface area contributed by atoms with Gasteiger partial charge in [0.05, 0.1) is 17.5 Å². The maximum absolute atomic E-state index is 13.1. The second kappa shape index (κ2) is 9.58. The zero-order valence-electron chi connectivity index (χ0n) is 18.7. The number of fused-ring (bicyclic) bond motifs is 1. The van der Waals surface area contributed by atoms with Gasteiger partial charge in [0.15, 0.2) is 0 Å². The Balaban J connectivity index is 1.63. The van der Waals surface area contributed by atoms with E-state index in [1.807, 2.05) is 32.9 Å². The van der Waals surface area contributed by atoms with Gasteiger partial charge in [0.2, 0.25) is 15.9 Å². The van der Waals surface area contributed by atoms with Crippen LogP contribution in [0.25, 0.3) is 0 Å². The normalized spacial score (nSPS) is 21.5. The topological polar surface area (TPSA) is 113 Å². The van der Waals surface area contributed by atoms with Crippen molar-refractivity contribution in [3.63, 3.8) is 0 Å². The summed E-state index contributed by atoms with van der Waals surface area (Å²) in [6.07, 6.45) is 1.18. The van der Waals surface area contributed by atoms with Gasteiger partial charge >= 0.3 is 6.09 Å². The number of aldehydes is 1. The molecule has 1 saturated heterocycles. The van der Waals surface area contributed by atoms with E-state index in [0.717, 1.165) is 18.3 Å². The number of ether oxygens (including phenoxy) is 1. The summed E-state index contributed by atoms with van der Waals surface area (Å²) >= 11 is 0. The van der Waals surface area contributed by atoms with Crippen LogP contribution in [0.1, 0.15) is 39.2 Å². The molecular formula is C22H31N3O6S. The molecule has 0 bridgehead atoms. The van der Waals surface area contributed by atoms with Crippen LogP contribution >= 0.6 is 0 Å². The molecule has 0 aliphatic carbocycles. The molecule has 1 N–H and O–H groups in total. The Morgan fingerprint density at radius 1 is 1.25 bits per heavy atom. The van der Waals surface area contributed by atoms with E-state index in [4.69, 9.17) is 4.74 Å². The number of amides is 2. The van der Waals surface area contributed by atoms with Crippen molar-refractivity contribution in [1.82, 2.24) is 14.5 Å². The highest BCUT2D eigenvalue weighted by Gasteiger charge is 2.38. The van der Waals surface area contributed by atoms with Crippen LogP contribution in [-0.2, 0) is 30.8 Å². The predicted octanol–water partition coefficient (Wildman–Crippen LogP) is 1.56. The van der Waals surface area contributed by atoms with Crippen molar-refractivity contribution >= 4 is 28.3 Å². The molecule has 0 spiro atoms. The Hall–Kier alpha value is -2.46. The standard InChI is InChI=1S/C22H31N3O6S/c1-22(2,3)19(14-24-12-10-16-7-4-5-9-18(16)32(24,29)30)31-21(28)23-13-20(27)25-11-6-8-17(25)15-26/h4-5,7,9,15,17,19H,6,8,10-14H2,1-3H3,(H,23,28)/t17-,19?/m0/s1. The smallest absolute Gasteiger partial charge is 0.407 e. The third kappa shape index (κ3) is 5.29. The molecule has 0 radical (unpaired) electrons. The monoisotopic (exact) mass is 465 g/mol. The van der Waals surface area contributed by atoms with Gasteiger partial charge in [0.25, 0.3) is 0 Å². The van der Waals surface area contributed by atoms with Crippen LogP contribution in [0.5, 0.6) is 0 Å². The number of benzene rings is 1. The Morgan fingerprint density at radius 3 is 2.66 bits per heavy atom. The molecule has 2 heterocycles. The fourth-order valence-corrected chi connectivity index (χ4v) is 5.69. The van der Waals surface area contributed by atoms with E-state index < -0.39 is 33.7 Å². The van der Waals surface area contributed by atoms with Gasteiger partial charge in [0, 0.05) is 18.5 Å². The molecule has 0 aromatic heterocycles. The number of sulfonamides is 1. The molecule has 9 nitrogen and oxygen atoms in total. The lowest BCUT2D eigenvalue weighted by Gasteiger charge is -2.36. The van der Waals surface area contributed by atoms with Gasteiger partial charge in [0.1, 0.15) is 18.9 Å². The number of likely N-dealkylation sites (tertiary alicyclic amines) is 1. The van der Waals surface area contributed by atoms with Crippen LogP contribution in [-0.4, -0.2) is 74.2 Å². The molecule has 10 heteroatoms. The summed E-state index contributed by atoms with van der Waals surface area (Å²) in [5, 5.41) is 2.44. The minimum Gasteiger partial charge on any atom is -0.444 e. The lowest BCUT2D eigenvalue weighted by Crippen LogP contribution is -2.49. The number of hydrogen-bond acceptors (Lipinski definition) is 6. The number of hydrogen-bond donors (Lipinski definition) is 1. The van der Waals surface area contributed by atoms with Gasteiger partial charge < -0.3 is 19.7 Å². The third-order valence-corrected chi connectivity index (χ3v) is 7.93. The Kier molecular flexibility index (Phi) is 7.24. The maximum atomic E-state index is 13.1. The number of alkyl carbamates (subject to hydrolysis) is 1. The van der Waals surface area contributed by atoms with Gasteiger partial charge in [-0.05, 0) is 30.9 Å². The van der Waals surface area contributed by atoms with E-state index in [1.54, 1.807) is 12.1 Å². The predicted molar refractivity (Wildman–Crippen MR) is 117 cm³/mol. The van der Waals surface area contributed by atoms with Crippen LogP contribution in [0.3, 0.4) is 0 Å². The number of nitrogens with one attached hydrogen (secondary N) is 1. The van der Waals surface area contributed by atoms with Crippen molar-refractivity contribution in [3.8, 4) is 0 Å². The van der Waals surface area contributed by atoms with Crippen molar-refractivity contribution in [3.05, 3.63) is 29.8 Å². The molecule has 3 rings (SSSR count). The van der Waals surface area contributed by atoms with Crippen LogP contribution in [0, 0.1) is 5.41 Å². The summed E-state index contributed by atoms with van der Waals surface area (Å²) in [7, 11) is -3.69. The van der Waals surface area contributed by atoms with E-state index in [-0.39, 0.29) is 23.9 Å². The van der Waals surface area contributed by atoms with E-state index in [1.165, 1.54) is 9.21 Å².